The van der Waals surface area contributed by atoms with Gasteiger partial charge in [0.2, 0.25) is 0 Å². The van der Waals surface area contributed by atoms with Crippen LogP contribution in [0.25, 0.3) is 86.3 Å². The van der Waals surface area contributed by atoms with Crippen LogP contribution < -0.4 is 0 Å². The molecule has 3 aromatic heterocycles. The number of rotatable bonds is 5. The minimum Gasteiger partial charge on any atom is -0.236 e. The standard InChI is InChI=1S/C40H24N4S2/c1-3-12-25(13-4-1)37-42-38(26-14-5-2-6-15-26)44-39(43-37)31-20-11-23-34-35(31)30-19-10-18-29(36(30)45-34)27-16-9-17-28(24-27)40-41-32-21-7-8-22-33(32)46-40/h1-24H. The van der Waals surface area contributed by atoms with Crippen molar-refractivity contribution in [2.75, 3.05) is 0 Å². The van der Waals surface area contributed by atoms with Gasteiger partial charge in [0.15, 0.2) is 17.5 Å². The van der Waals surface area contributed by atoms with Crippen molar-refractivity contribution in [1.82, 2.24) is 19.9 Å². The number of benzene rings is 6. The molecule has 6 heteroatoms. The zero-order valence-corrected chi connectivity index (χ0v) is 26.1. The van der Waals surface area contributed by atoms with Crippen LogP contribution in [0.2, 0.25) is 0 Å². The van der Waals surface area contributed by atoms with E-state index in [-0.39, 0.29) is 0 Å². The van der Waals surface area contributed by atoms with Gasteiger partial charge in [-0.1, -0.05) is 121 Å². The molecular weight excluding hydrogens is 601 g/mol. The van der Waals surface area contributed by atoms with Gasteiger partial charge < -0.3 is 0 Å². The third kappa shape index (κ3) is 4.67. The lowest BCUT2D eigenvalue weighted by Crippen LogP contribution is -2.00. The van der Waals surface area contributed by atoms with E-state index in [1.165, 1.54) is 30.6 Å². The van der Waals surface area contributed by atoms with Gasteiger partial charge in [0.1, 0.15) is 5.01 Å². The summed E-state index contributed by atoms with van der Waals surface area (Å²) in [5.74, 6) is 1.99. The molecule has 0 bridgehead atoms. The molecule has 9 aromatic rings. The Bertz CT molecular complexity index is 2440. The first-order valence-electron chi connectivity index (χ1n) is 15.1. The van der Waals surface area contributed by atoms with E-state index in [0.717, 1.165) is 38.2 Å². The monoisotopic (exact) mass is 624 g/mol. The Labute approximate surface area is 273 Å². The summed E-state index contributed by atoms with van der Waals surface area (Å²) < 4.78 is 3.64. The van der Waals surface area contributed by atoms with Gasteiger partial charge in [-0.15, -0.1) is 22.7 Å². The minimum atomic E-state index is 0.661. The second-order valence-corrected chi connectivity index (χ2v) is 13.2. The van der Waals surface area contributed by atoms with Crippen molar-refractivity contribution < 1.29 is 0 Å². The van der Waals surface area contributed by atoms with Gasteiger partial charge in [0, 0.05) is 42.4 Å². The van der Waals surface area contributed by atoms with Crippen LogP contribution in [0.3, 0.4) is 0 Å². The predicted molar refractivity (Wildman–Crippen MR) is 193 cm³/mol. The van der Waals surface area contributed by atoms with E-state index in [4.69, 9.17) is 19.9 Å². The summed E-state index contributed by atoms with van der Waals surface area (Å²) in [6.07, 6.45) is 0. The number of para-hydroxylation sites is 1. The molecule has 6 aromatic carbocycles. The molecule has 0 amide bonds. The fourth-order valence-electron chi connectivity index (χ4n) is 6.01. The SMILES string of the molecule is c1ccc(-c2nc(-c3ccccc3)nc(-c3cccc4sc5c(-c6cccc(-c7nc8ccccc8s7)c6)cccc5c34)n2)cc1. The third-order valence-electron chi connectivity index (χ3n) is 8.18. The van der Waals surface area contributed by atoms with Crippen LogP contribution in [0.1, 0.15) is 0 Å². The van der Waals surface area contributed by atoms with E-state index in [1.54, 1.807) is 11.3 Å². The minimum absolute atomic E-state index is 0.661. The fraction of sp³-hybridized carbons (Fsp3) is 0. The largest absolute Gasteiger partial charge is 0.236 e. The Hall–Kier alpha value is -5.56. The Morgan fingerprint density at radius 2 is 0.978 bits per heavy atom. The smallest absolute Gasteiger partial charge is 0.164 e. The molecule has 0 unspecified atom stereocenters. The van der Waals surface area contributed by atoms with Crippen LogP contribution >= 0.6 is 22.7 Å². The number of thiazole rings is 1. The summed E-state index contributed by atoms with van der Waals surface area (Å²) in [4.78, 5) is 19.9. The molecule has 0 aliphatic heterocycles. The van der Waals surface area contributed by atoms with Crippen molar-refractivity contribution in [2.24, 2.45) is 0 Å². The highest BCUT2D eigenvalue weighted by molar-refractivity contribution is 7.26. The Balaban J connectivity index is 1.22. The highest BCUT2D eigenvalue weighted by Gasteiger charge is 2.18. The van der Waals surface area contributed by atoms with E-state index in [0.29, 0.717) is 17.5 Å². The zero-order valence-electron chi connectivity index (χ0n) is 24.5. The summed E-state index contributed by atoms with van der Waals surface area (Å²) in [7, 11) is 0. The van der Waals surface area contributed by atoms with Gasteiger partial charge in [-0.2, -0.15) is 0 Å². The Kier molecular flexibility index (Phi) is 6.47. The number of aromatic nitrogens is 4. The van der Waals surface area contributed by atoms with E-state index in [1.807, 2.05) is 78.1 Å². The normalized spacial score (nSPS) is 11.5. The van der Waals surface area contributed by atoms with Gasteiger partial charge in [0.05, 0.1) is 10.2 Å². The van der Waals surface area contributed by atoms with Crippen molar-refractivity contribution in [3.8, 4) is 55.9 Å². The highest BCUT2D eigenvalue weighted by atomic mass is 32.1. The predicted octanol–water partition coefficient (Wildman–Crippen LogP) is 11.2. The number of hydrogen-bond donors (Lipinski definition) is 0. The number of fused-ring (bicyclic) bond motifs is 4. The zero-order chi connectivity index (χ0) is 30.5. The molecule has 0 saturated carbocycles. The second kappa shape index (κ2) is 11.1. The maximum Gasteiger partial charge on any atom is 0.164 e. The van der Waals surface area contributed by atoms with Crippen molar-refractivity contribution in [2.45, 2.75) is 0 Å². The molecule has 0 aliphatic carbocycles. The summed E-state index contributed by atoms with van der Waals surface area (Å²) in [6.45, 7) is 0. The molecule has 0 saturated heterocycles. The average Bonchev–Trinajstić information content (AvgIpc) is 3.74. The molecule has 9 rings (SSSR count). The van der Waals surface area contributed by atoms with Crippen LogP contribution in [0.15, 0.2) is 146 Å². The first-order valence-corrected chi connectivity index (χ1v) is 16.7. The summed E-state index contributed by atoms with van der Waals surface area (Å²) in [5, 5.41) is 3.39. The molecule has 0 radical (unpaired) electrons. The topological polar surface area (TPSA) is 51.6 Å². The highest BCUT2D eigenvalue weighted by Crippen LogP contribution is 2.44. The van der Waals surface area contributed by atoms with E-state index in [9.17, 15) is 0 Å². The van der Waals surface area contributed by atoms with Gasteiger partial charge >= 0.3 is 0 Å². The number of thiophene rings is 1. The summed E-state index contributed by atoms with van der Waals surface area (Å²) in [5.41, 5.74) is 7.47. The van der Waals surface area contributed by atoms with E-state index in [2.05, 4.69) is 78.9 Å². The lowest BCUT2D eigenvalue weighted by Gasteiger charge is -2.09. The van der Waals surface area contributed by atoms with Crippen LogP contribution in [-0.2, 0) is 0 Å². The average molecular weight is 625 g/mol. The molecule has 216 valence electrons. The van der Waals surface area contributed by atoms with Crippen molar-refractivity contribution in [3.05, 3.63) is 146 Å². The maximum absolute atomic E-state index is 5.06. The first-order chi connectivity index (χ1) is 22.8. The van der Waals surface area contributed by atoms with Crippen molar-refractivity contribution in [1.29, 1.82) is 0 Å². The molecule has 0 fully saturated rings. The van der Waals surface area contributed by atoms with E-state index < -0.39 is 0 Å². The molecule has 0 aliphatic rings. The van der Waals surface area contributed by atoms with Crippen molar-refractivity contribution in [3.63, 3.8) is 0 Å². The Morgan fingerprint density at radius 1 is 0.391 bits per heavy atom. The van der Waals surface area contributed by atoms with Gasteiger partial charge in [0.25, 0.3) is 0 Å². The second-order valence-electron chi connectivity index (χ2n) is 11.1. The number of hydrogen-bond acceptors (Lipinski definition) is 6. The van der Waals surface area contributed by atoms with Gasteiger partial charge in [-0.3, -0.25) is 0 Å². The molecule has 0 N–H and O–H groups in total. The molecule has 0 spiro atoms. The van der Waals surface area contributed by atoms with Gasteiger partial charge in [-0.05, 0) is 35.4 Å². The molecular formula is C40H24N4S2. The molecule has 4 nitrogen and oxygen atoms in total. The van der Waals surface area contributed by atoms with Crippen LogP contribution in [0, 0.1) is 0 Å². The maximum atomic E-state index is 5.06. The first kappa shape index (κ1) is 26.8. The summed E-state index contributed by atoms with van der Waals surface area (Å²) in [6, 6.07) is 50.4. The Morgan fingerprint density at radius 3 is 1.74 bits per heavy atom. The fourth-order valence-corrected chi connectivity index (χ4v) is 8.23. The quantitative estimate of drug-likeness (QED) is 0.191. The molecule has 0 atom stereocenters. The lowest BCUT2D eigenvalue weighted by molar-refractivity contribution is 1.08. The van der Waals surface area contributed by atoms with Crippen molar-refractivity contribution >= 4 is 53.1 Å². The van der Waals surface area contributed by atoms with Crippen LogP contribution in [0.5, 0.6) is 0 Å². The summed E-state index contributed by atoms with van der Waals surface area (Å²) >= 11 is 3.55. The lowest BCUT2D eigenvalue weighted by atomic mass is 9.99. The van der Waals surface area contributed by atoms with Gasteiger partial charge in [-0.25, -0.2) is 19.9 Å². The van der Waals surface area contributed by atoms with Crippen LogP contribution in [0.4, 0.5) is 0 Å². The third-order valence-corrected chi connectivity index (χ3v) is 10.5. The number of nitrogens with zero attached hydrogens (tertiary/aromatic N) is 4. The molecule has 3 heterocycles. The van der Waals surface area contributed by atoms with E-state index >= 15 is 0 Å². The van der Waals surface area contributed by atoms with Crippen LogP contribution in [-0.4, -0.2) is 19.9 Å². The molecule has 46 heavy (non-hydrogen) atoms.